The number of hydrogen-bond acceptors (Lipinski definition) is 2. The average Bonchev–Trinajstić information content (AvgIpc) is 2.59. The minimum atomic E-state index is -0.486. The van der Waals surface area contributed by atoms with Crippen molar-refractivity contribution >= 4 is 5.91 Å². The highest BCUT2D eigenvalue weighted by molar-refractivity contribution is 5.81. The number of carbonyl (C=O) groups is 1. The smallest absolute Gasteiger partial charge is 0.237 e. The predicted octanol–water partition coefficient (Wildman–Crippen LogP) is 1.37. The maximum Gasteiger partial charge on any atom is 0.237 e. The Balaban J connectivity index is 2.36. The van der Waals surface area contributed by atoms with E-state index in [1.807, 2.05) is 13.0 Å². The molecule has 0 aromatic carbocycles. The van der Waals surface area contributed by atoms with Gasteiger partial charge in [-0.2, -0.15) is 5.26 Å². The summed E-state index contributed by atoms with van der Waals surface area (Å²) in [6, 6.07) is 2.21. The standard InChI is InChI=1S/C10H14N2O/c1-2-8(7-11)10(13)12-9-5-3-4-6-9/h3-4,8-9H,2,5-6H2,1H3,(H,12,13). The average molecular weight is 178 g/mol. The fourth-order valence-corrected chi connectivity index (χ4v) is 1.37. The minimum Gasteiger partial charge on any atom is -0.352 e. The van der Waals surface area contributed by atoms with Crippen LogP contribution >= 0.6 is 0 Å². The molecule has 3 nitrogen and oxygen atoms in total. The van der Waals surface area contributed by atoms with Gasteiger partial charge in [0.05, 0.1) is 6.07 Å². The molecule has 1 aliphatic carbocycles. The second-order valence-corrected chi connectivity index (χ2v) is 3.24. The molecule has 70 valence electrons. The minimum absolute atomic E-state index is 0.126. The highest BCUT2D eigenvalue weighted by atomic mass is 16.1. The predicted molar refractivity (Wildman–Crippen MR) is 49.7 cm³/mol. The molecule has 0 spiro atoms. The third-order valence-corrected chi connectivity index (χ3v) is 2.23. The molecular weight excluding hydrogens is 164 g/mol. The molecule has 0 fully saturated rings. The number of hydrogen-bond donors (Lipinski definition) is 1. The van der Waals surface area contributed by atoms with E-state index in [2.05, 4.69) is 17.5 Å². The van der Waals surface area contributed by atoms with E-state index < -0.39 is 5.92 Å². The van der Waals surface area contributed by atoms with Crippen molar-refractivity contribution in [2.75, 3.05) is 0 Å². The molecule has 3 heteroatoms. The summed E-state index contributed by atoms with van der Waals surface area (Å²) in [4.78, 5) is 11.4. The summed E-state index contributed by atoms with van der Waals surface area (Å²) in [5.74, 6) is -0.612. The van der Waals surface area contributed by atoms with Crippen LogP contribution in [-0.2, 0) is 4.79 Å². The molecule has 0 saturated carbocycles. The van der Waals surface area contributed by atoms with E-state index in [-0.39, 0.29) is 11.9 Å². The van der Waals surface area contributed by atoms with E-state index in [9.17, 15) is 4.79 Å². The lowest BCUT2D eigenvalue weighted by Crippen LogP contribution is -2.36. The third-order valence-electron chi connectivity index (χ3n) is 2.23. The summed E-state index contributed by atoms with van der Waals surface area (Å²) < 4.78 is 0. The van der Waals surface area contributed by atoms with Gasteiger partial charge in [-0.25, -0.2) is 0 Å². The van der Waals surface area contributed by atoms with Crippen LogP contribution in [-0.4, -0.2) is 11.9 Å². The first-order valence-electron chi connectivity index (χ1n) is 4.63. The quantitative estimate of drug-likeness (QED) is 0.663. The highest BCUT2D eigenvalue weighted by Crippen LogP contribution is 2.10. The summed E-state index contributed by atoms with van der Waals surface area (Å²) in [5, 5.41) is 11.5. The number of amides is 1. The van der Waals surface area contributed by atoms with E-state index in [0.29, 0.717) is 6.42 Å². The second-order valence-electron chi connectivity index (χ2n) is 3.24. The first kappa shape index (κ1) is 9.79. The van der Waals surface area contributed by atoms with Crippen LogP contribution in [0.3, 0.4) is 0 Å². The first-order valence-corrected chi connectivity index (χ1v) is 4.63. The normalized spacial score (nSPS) is 18.2. The monoisotopic (exact) mass is 178 g/mol. The molecule has 0 aliphatic heterocycles. The van der Waals surface area contributed by atoms with Gasteiger partial charge < -0.3 is 5.32 Å². The lowest BCUT2D eigenvalue weighted by molar-refractivity contribution is -0.124. The van der Waals surface area contributed by atoms with E-state index in [1.165, 1.54) is 0 Å². The van der Waals surface area contributed by atoms with Gasteiger partial charge in [-0.15, -0.1) is 0 Å². The molecule has 1 amide bonds. The van der Waals surface area contributed by atoms with Gasteiger partial charge in [0.15, 0.2) is 0 Å². The Hall–Kier alpha value is -1.30. The van der Waals surface area contributed by atoms with Crippen molar-refractivity contribution in [1.29, 1.82) is 5.26 Å². The number of nitriles is 1. The van der Waals surface area contributed by atoms with E-state index >= 15 is 0 Å². The first-order chi connectivity index (χ1) is 6.27. The van der Waals surface area contributed by atoms with Crippen LogP contribution < -0.4 is 5.32 Å². The van der Waals surface area contributed by atoms with Crippen LogP contribution in [0.15, 0.2) is 12.2 Å². The number of nitrogens with one attached hydrogen (secondary N) is 1. The molecule has 0 aromatic rings. The van der Waals surface area contributed by atoms with Gasteiger partial charge in [-0.3, -0.25) is 4.79 Å². The van der Waals surface area contributed by atoms with Crippen molar-refractivity contribution in [2.24, 2.45) is 5.92 Å². The molecule has 1 rings (SSSR count). The molecule has 0 aromatic heterocycles. The topological polar surface area (TPSA) is 52.9 Å². The van der Waals surface area contributed by atoms with E-state index in [1.54, 1.807) is 0 Å². The summed E-state index contributed by atoms with van der Waals surface area (Å²) in [6.07, 6.45) is 6.49. The maximum atomic E-state index is 11.4. The summed E-state index contributed by atoms with van der Waals surface area (Å²) in [5.41, 5.74) is 0. The molecule has 1 aliphatic rings. The van der Waals surface area contributed by atoms with Crippen LogP contribution in [0.1, 0.15) is 26.2 Å². The molecule has 13 heavy (non-hydrogen) atoms. The zero-order chi connectivity index (χ0) is 9.68. The van der Waals surface area contributed by atoms with Crippen LogP contribution in [0.2, 0.25) is 0 Å². The Labute approximate surface area is 78.4 Å². The second kappa shape index (κ2) is 4.66. The zero-order valence-corrected chi connectivity index (χ0v) is 7.79. The molecule has 0 bridgehead atoms. The lowest BCUT2D eigenvalue weighted by atomic mass is 10.1. The molecule has 1 atom stereocenters. The maximum absolute atomic E-state index is 11.4. The third kappa shape index (κ3) is 2.59. The van der Waals surface area contributed by atoms with Crippen LogP contribution in [0.25, 0.3) is 0 Å². The van der Waals surface area contributed by atoms with Gasteiger partial charge in [0.2, 0.25) is 5.91 Å². The lowest BCUT2D eigenvalue weighted by Gasteiger charge is -2.13. The molecule has 0 radical (unpaired) electrons. The molecule has 0 heterocycles. The number of carbonyl (C=O) groups excluding carboxylic acids is 1. The summed E-state index contributed by atoms with van der Waals surface area (Å²) in [6.45, 7) is 1.85. The van der Waals surface area contributed by atoms with Crippen molar-refractivity contribution in [3.63, 3.8) is 0 Å². The van der Waals surface area contributed by atoms with Crippen molar-refractivity contribution in [2.45, 2.75) is 32.2 Å². The van der Waals surface area contributed by atoms with Crippen molar-refractivity contribution in [3.8, 4) is 6.07 Å². The largest absolute Gasteiger partial charge is 0.352 e. The van der Waals surface area contributed by atoms with Crippen molar-refractivity contribution in [1.82, 2.24) is 5.32 Å². The fourth-order valence-electron chi connectivity index (χ4n) is 1.37. The number of nitrogens with zero attached hydrogens (tertiary/aromatic N) is 1. The Morgan fingerprint density at radius 2 is 2.31 bits per heavy atom. The van der Waals surface area contributed by atoms with Gasteiger partial charge >= 0.3 is 0 Å². The van der Waals surface area contributed by atoms with Crippen LogP contribution in [0.4, 0.5) is 0 Å². The zero-order valence-electron chi connectivity index (χ0n) is 7.79. The fraction of sp³-hybridized carbons (Fsp3) is 0.600. The molecule has 1 unspecified atom stereocenters. The Morgan fingerprint density at radius 1 is 1.69 bits per heavy atom. The number of rotatable bonds is 3. The molecule has 1 N–H and O–H groups in total. The SMILES string of the molecule is CCC(C#N)C(=O)NC1CC=CC1. The van der Waals surface area contributed by atoms with E-state index in [4.69, 9.17) is 5.26 Å². The van der Waals surface area contributed by atoms with Gasteiger partial charge in [-0.05, 0) is 19.3 Å². The van der Waals surface area contributed by atoms with Crippen molar-refractivity contribution in [3.05, 3.63) is 12.2 Å². The Bertz CT molecular complexity index is 244. The van der Waals surface area contributed by atoms with Crippen LogP contribution in [0, 0.1) is 17.2 Å². The van der Waals surface area contributed by atoms with E-state index in [0.717, 1.165) is 12.8 Å². The van der Waals surface area contributed by atoms with Crippen LogP contribution in [0.5, 0.6) is 0 Å². The van der Waals surface area contributed by atoms with Gasteiger partial charge in [0.1, 0.15) is 5.92 Å². The van der Waals surface area contributed by atoms with Gasteiger partial charge in [-0.1, -0.05) is 19.1 Å². The van der Waals surface area contributed by atoms with Gasteiger partial charge in [0.25, 0.3) is 0 Å². The highest BCUT2D eigenvalue weighted by Gasteiger charge is 2.19. The Kier molecular flexibility index (Phi) is 3.51. The summed E-state index contributed by atoms with van der Waals surface area (Å²) >= 11 is 0. The molecule has 0 saturated heterocycles. The van der Waals surface area contributed by atoms with Gasteiger partial charge in [0, 0.05) is 6.04 Å². The van der Waals surface area contributed by atoms with Crippen molar-refractivity contribution < 1.29 is 4.79 Å². The Morgan fingerprint density at radius 3 is 2.77 bits per heavy atom. The molecular formula is C10H14N2O. The summed E-state index contributed by atoms with van der Waals surface area (Å²) in [7, 11) is 0.